The average Bonchev–Trinajstić information content (AvgIpc) is 3.32. The van der Waals surface area contributed by atoms with Crippen LogP contribution in [0.4, 0.5) is 0 Å². The second-order valence-corrected chi connectivity index (χ2v) is 8.43. The lowest BCUT2D eigenvalue weighted by Crippen LogP contribution is -2.41. The van der Waals surface area contributed by atoms with Crippen LogP contribution in [0.25, 0.3) is 10.8 Å². The Morgan fingerprint density at radius 2 is 2.07 bits per heavy atom. The van der Waals surface area contributed by atoms with Gasteiger partial charge in [0.1, 0.15) is 0 Å². The summed E-state index contributed by atoms with van der Waals surface area (Å²) < 4.78 is 7.61. The predicted octanol–water partition coefficient (Wildman–Crippen LogP) is 3.34. The summed E-state index contributed by atoms with van der Waals surface area (Å²) in [5.74, 6) is 1.54. The van der Waals surface area contributed by atoms with Gasteiger partial charge < -0.3 is 14.2 Å². The van der Waals surface area contributed by atoms with Gasteiger partial charge in [0.2, 0.25) is 0 Å². The highest BCUT2D eigenvalue weighted by molar-refractivity contribution is 7.15. The fourth-order valence-electron chi connectivity index (χ4n) is 3.70. The number of nitrogens with zero attached hydrogens (tertiary/aromatic N) is 5. The molecule has 144 valence electrons. The first-order valence-electron chi connectivity index (χ1n) is 9.18. The number of carbonyl (C=O) groups is 1. The van der Waals surface area contributed by atoms with E-state index in [4.69, 9.17) is 21.3 Å². The highest BCUT2D eigenvalue weighted by Crippen LogP contribution is 2.33. The van der Waals surface area contributed by atoms with Crippen LogP contribution in [-0.2, 0) is 24.3 Å². The quantitative estimate of drug-likeness (QED) is 0.641. The molecule has 0 bridgehead atoms. The molecule has 9 heteroatoms. The number of hydrogen-bond acceptors (Lipinski definition) is 6. The van der Waals surface area contributed by atoms with E-state index in [-0.39, 0.29) is 11.9 Å². The number of ether oxygens (including phenoxy) is 1. The molecule has 28 heavy (non-hydrogen) atoms. The molecule has 0 N–H and O–H groups in total. The van der Waals surface area contributed by atoms with Gasteiger partial charge in [-0.25, -0.2) is 4.98 Å². The second kappa shape index (κ2) is 6.95. The van der Waals surface area contributed by atoms with Crippen LogP contribution in [0.2, 0.25) is 5.02 Å². The molecule has 0 aliphatic carbocycles. The molecule has 3 aromatic rings. The summed E-state index contributed by atoms with van der Waals surface area (Å²) in [7, 11) is 0. The van der Waals surface area contributed by atoms with Gasteiger partial charge in [0.15, 0.2) is 16.7 Å². The summed E-state index contributed by atoms with van der Waals surface area (Å²) in [6, 6.07) is 6.81. The highest BCUT2D eigenvalue weighted by Gasteiger charge is 2.33. The Labute approximate surface area is 170 Å². The zero-order valence-corrected chi connectivity index (χ0v) is 16.8. The van der Waals surface area contributed by atoms with Crippen molar-refractivity contribution in [3.63, 3.8) is 0 Å². The first kappa shape index (κ1) is 17.8. The number of rotatable bonds is 2. The second-order valence-electron chi connectivity index (χ2n) is 6.91. The lowest BCUT2D eigenvalue weighted by molar-refractivity contribution is 0.0638. The van der Waals surface area contributed by atoms with Crippen molar-refractivity contribution in [3.05, 3.63) is 51.2 Å². The van der Waals surface area contributed by atoms with Crippen LogP contribution in [0.1, 0.15) is 39.7 Å². The van der Waals surface area contributed by atoms with Crippen LogP contribution < -0.4 is 0 Å². The third-order valence-electron chi connectivity index (χ3n) is 5.22. The van der Waals surface area contributed by atoms with E-state index in [9.17, 15) is 4.79 Å². The molecule has 1 atom stereocenters. The molecule has 0 spiro atoms. The third kappa shape index (κ3) is 2.92. The van der Waals surface area contributed by atoms with E-state index in [1.54, 1.807) is 35.6 Å². The molecule has 0 saturated heterocycles. The van der Waals surface area contributed by atoms with Crippen molar-refractivity contribution < 1.29 is 9.53 Å². The van der Waals surface area contributed by atoms with Crippen LogP contribution in [0.15, 0.2) is 24.3 Å². The van der Waals surface area contributed by atoms with E-state index in [1.807, 2.05) is 11.8 Å². The standard InChI is InChI=1S/C19H18ClN5O2S/c1-11-16-22-23-17(18-21-14-6-9-27-10-15(14)28-18)25(16)8-7-24(11)19(26)12-2-4-13(20)5-3-12/h2-5,11H,6-10H2,1H3. The van der Waals surface area contributed by atoms with Crippen molar-refractivity contribution in [2.75, 3.05) is 13.2 Å². The lowest BCUT2D eigenvalue weighted by Gasteiger charge is -2.33. The number of aromatic nitrogens is 4. The Kier molecular flexibility index (Phi) is 4.41. The van der Waals surface area contributed by atoms with Gasteiger partial charge in [0.05, 0.1) is 29.8 Å². The monoisotopic (exact) mass is 415 g/mol. The molecular formula is C19H18ClN5O2S. The van der Waals surface area contributed by atoms with Gasteiger partial charge in [-0.05, 0) is 31.2 Å². The zero-order chi connectivity index (χ0) is 19.3. The number of halogens is 1. The van der Waals surface area contributed by atoms with Crippen molar-refractivity contribution in [1.82, 2.24) is 24.6 Å². The van der Waals surface area contributed by atoms with Crippen LogP contribution in [0, 0.1) is 0 Å². The van der Waals surface area contributed by atoms with Gasteiger partial charge in [-0.15, -0.1) is 21.5 Å². The maximum Gasteiger partial charge on any atom is 0.254 e. The molecule has 2 aromatic heterocycles. The summed E-state index contributed by atoms with van der Waals surface area (Å²) in [6.07, 6.45) is 0.840. The minimum atomic E-state index is -0.170. The summed E-state index contributed by atoms with van der Waals surface area (Å²) in [4.78, 5) is 20.7. The van der Waals surface area contributed by atoms with Gasteiger partial charge in [0, 0.05) is 30.1 Å². The molecule has 1 amide bonds. The molecule has 2 aliphatic heterocycles. The molecule has 1 unspecified atom stereocenters. The van der Waals surface area contributed by atoms with E-state index in [1.165, 1.54) is 4.88 Å². The van der Waals surface area contributed by atoms with E-state index < -0.39 is 0 Å². The minimum Gasteiger partial charge on any atom is -0.375 e. The summed E-state index contributed by atoms with van der Waals surface area (Å²) in [5, 5.41) is 10.3. The molecule has 4 heterocycles. The summed E-state index contributed by atoms with van der Waals surface area (Å²) in [5.41, 5.74) is 1.73. The Balaban J connectivity index is 1.44. The number of hydrogen-bond donors (Lipinski definition) is 0. The smallest absolute Gasteiger partial charge is 0.254 e. The van der Waals surface area contributed by atoms with Crippen molar-refractivity contribution in [3.8, 4) is 10.8 Å². The van der Waals surface area contributed by atoms with Crippen molar-refractivity contribution in [2.24, 2.45) is 0 Å². The van der Waals surface area contributed by atoms with Crippen molar-refractivity contribution >= 4 is 28.8 Å². The maximum atomic E-state index is 12.9. The minimum absolute atomic E-state index is 0.0261. The summed E-state index contributed by atoms with van der Waals surface area (Å²) in [6.45, 7) is 4.55. The number of carbonyl (C=O) groups excluding carboxylic acids is 1. The first-order chi connectivity index (χ1) is 13.6. The number of benzene rings is 1. The predicted molar refractivity (Wildman–Crippen MR) is 105 cm³/mol. The van der Waals surface area contributed by atoms with Gasteiger partial charge in [-0.1, -0.05) is 11.6 Å². The van der Waals surface area contributed by atoms with E-state index in [0.717, 1.165) is 28.8 Å². The zero-order valence-electron chi connectivity index (χ0n) is 15.3. The third-order valence-corrected chi connectivity index (χ3v) is 6.54. The highest BCUT2D eigenvalue weighted by atomic mass is 35.5. The van der Waals surface area contributed by atoms with Crippen LogP contribution in [0.3, 0.4) is 0 Å². The molecule has 5 rings (SSSR count). The van der Waals surface area contributed by atoms with E-state index in [0.29, 0.717) is 36.9 Å². The van der Waals surface area contributed by atoms with Crippen molar-refractivity contribution in [1.29, 1.82) is 0 Å². The van der Waals surface area contributed by atoms with Crippen LogP contribution in [0.5, 0.6) is 0 Å². The van der Waals surface area contributed by atoms with Crippen molar-refractivity contribution in [2.45, 2.75) is 32.5 Å². The molecule has 0 saturated carbocycles. The molecular weight excluding hydrogens is 398 g/mol. The van der Waals surface area contributed by atoms with E-state index in [2.05, 4.69) is 14.8 Å². The Morgan fingerprint density at radius 1 is 1.25 bits per heavy atom. The maximum absolute atomic E-state index is 12.9. The fraction of sp³-hybridized carbons (Fsp3) is 0.368. The summed E-state index contributed by atoms with van der Waals surface area (Å²) >= 11 is 7.56. The van der Waals surface area contributed by atoms with Crippen LogP contribution >= 0.6 is 22.9 Å². The molecule has 2 aliphatic rings. The first-order valence-corrected chi connectivity index (χ1v) is 10.4. The number of fused-ring (bicyclic) bond motifs is 2. The molecule has 1 aromatic carbocycles. The average molecular weight is 416 g/mol. The number of amides is 1. The van der Waals surface area contributed by atoms with Gasteiger partial charge in [-0.3, -0.25) is 4.79 Å². The topological polar surface area (TPSA) is 73.1 Å². The largest absolute Gasteiger partial charge is 0.375 e. The fourth-order valence-corrected chi connectivity index (χ4v) is 4.87. The van der Waals surface area contributed by atoms with Gasteiger partial charge in [-0.2, -0.15) is 0 Å². The van der Waals surface area contributed by atoms with Gasteiger partial charge in [0.25, 0.3) is 5.91 Å². The van der Waals surface area contributed by atoms with Crippen LogP contribution in [-0.4, -0.2) is 43.7 Å². The normalized spacial score (nSPS) is 18.6. The Morgan fingerprint density at radius 3 is 2.86 bits per heavy atom. The SMILES string of the molecule is CC1c2nnc(-c3nc4c(s3)COCC4)n2CCN1C(=O)c1ccc(Cl)cc1. The molecule has 0 fully saturated rings. The Hall–Kier alpha value is -2.29. The Bertz CT molecular complexity index is 1020. The molecule has 0 radical (unpaired) electrons. The lowest BCUT2D eigenvalue weighted by atomic mass is 10.1. The van der Waals surface area contributed by atoms with E-state index >= 15 is 0 Å². The molecule has 7 nitrogen and oxygen atoms in total. The van der Waals surface area contributed by atoms with Gasteiger partial charge >= 0.3 is 0 Å². The number of thiazole rings is 1.